The number of aromatic nitrogens is 2. The van der Waals surface area contributed by atoms with Gasteiger partial charge in [-0.2, -0.15) is 5.10 Å². The molecule has 2 rings (SSSR count). The topological polar surface area (TPSA) is 84.2 Å². The number of nitrogens with one attached hydrogen (secondary N) is 1. The van der Waals surface area contributed by atoms with Crippen molar-refractivity contribution in [2.45, 2.75) is 18.9 Å². The number of nitrogens with two attached hydrogens (primary N) is 1. The summed E-state index contributed by atoms with van der Waals surface area (Å²) >= 11 is 0. The molecule has 2 heterocycles. The third-order valence-electron chi connectivity index (χ3n) is 2.68. The number of carbonyl (C=O) groups excluding carboxylic acids is 1. The Morgan fingerprint density at radius 2 is 2.62 bits per heavy atom. The van der Waals surface area contributed by atoms with Crippen LogP contribution in [0.1, 0.15) is 23.3 Å². The van der Waals surface area contributed by atoms with Crippen LogP contribution >= 0.6 is 0 Å². The van der Waals surface area contributed by atoms with E-state index in [2.05, 4.69) is 10.2 Å². The minimum atomic E-state index is -0.111. The molecule has 0 radical (unpaired) electrons. The largest absolute Gasteiger partial charge is 0.382 e. The fraction of sp³-hybridized carbons (Fsp3) is 0.600. The van der Waals surface area contributed by atoms with Crippen molar-refractivity contribution in [2.75, 3.05) is 25.9 Å². The van der Waals surface area contributed by atoms with Crippen LogP contribution in [0.4, 0.5) is 5.82 Å². The number of nitrogens with zero attached hydrogens (tertiary/aromatic N) is 2. The van der Waals surface area contributed by atoms with E-state index in [0.717, 1.165) is 19.4 Å². The van der Waals surface area contributed by atoms with Crippen LogP contribution in [0.2, 0.25) is 0 Å². The molecule has 1 unspecified atom stereocenters. The van der Waals surface area contributed by atoms with Crippen LogP contribution in [0.5, 0.6) is 0 Å². The lowest BCUT2D eigenvalue weighted by atomic mass is 10.2. The number of H-pyrrole nitrogens is 1. The minimum Gasteiger partial charge on any atom is -0.382 e. The standard InChI is InChI=1S/C10H16N4O2/c1-14(6-7-3-2-4-16-7)10(15)8-5-9(11)13-12-8/h5,7H,2-4,6H2,1H3,(H3,11,12,13). The van der Waals surface area contributed by atoms with E-state index in [4.69, 9.17) is 10.5 Å². The van der Waals surface area contributed by atoms with Crippen LogP contribution in [-0.2, 0) is 4.74 Å². The quantitative estimate of drug-likeness (QED) is 0.770. The van der Waals surface area contributed by atoms with E-state index in [1.807, 2.05) is 0 Å². The molecule has 6 heteroatoms. The van der Waals surface area contributed by atoms with Gasteiger partial charge in [-0.25, -0.2) is 0 Å². The number of aromatic amines is 1. The van der Waals surface area contributed by atoms with Crippen LogP contribution < -0.4 is 5.73 Å². The first kappa shape index (κ1) is 10.9. The van der Waals surface area contributed by atoms with E-state index in [1.165, 1.54) is 6.07 Å². The predicted molar refractivity (Wildman–Crippen MR) is 58.9 cm³/mol. The lowest BCUT2D eigenvalue weighted by Crippen LogP contribution is -2.34. The maximum atomic E-state index is 11.9. The van der Waals surface area contributed by atoms with E-state index in [0.29, 0.717) is 18.1 Å². The summed E-state index contributed by atoms with van der Waals surface area (Å²) in [6.45, 7) is 1.40. The lowest BCUT2D eigenvalue weighted by Gasteiger charge is -2.19. The van der Waals surface area contributed by atoms with Gasteiger partial charge in [-0.3, -0.25) is 9.89 Å². The van der Waals surface area contributed by atoms with Gasteiger partial charge < -0.3 is 15.4 Å². The van der Waals surface area contributed by atoms with Gasteiger partial charge in [0, 0.05) is 26.3 Å². The summed E-state index contributed by atoms with van der Waals surface area (Å²) in [5, 5.41) is 6.33. The molecule has 1 saturated heterocycles. The molecule has 1 aromatic heterocycles. The number of ether oxygens (including phenoxy) is 1. The van der Waals surface area contributed by atoms with Gasteiger partial charge in [0.2, 0.25) is 0 Å². The Morgan fingerprint density at radius 3 is 3.19 bits per heavy atom. The van der Waals surface area contributed by atoms with Crippen molar-refractivity contribution in [2.24, 2.45) is 0 Å². The van der Waals surface area contributed by atoms with Crippen LogP contribution in [-0.4, -0.2) is 47.3 Å². The first-order valence-electron chi connectivity index (χ1n) is 5.35. The molecule has 0 aliphatic carbocycles. The molecule has 0 bridgehead atoms. The highest BCUT2D eigenvalue weighted by molar-refractivity contribution is 5.92. The van der Waals surface area contributed by atoms with Crippen molar-refractivity contribution in [3.63, 3.8) is 0 Å². The minimum absolute atomic E-state index is 0.111. The molecule has 6 nitrogen and oxygen atoms in total. The molecular formula is C10H16N4O2. The third-order valence-corrected chi connectivity index (χ3v) is 2.68. The highest BCUT2D eigenvalue weighted by Crippen LogP contribution is 2.14. The zero-order chi connectivity index (χ0) is 11.5. The number of rotatable bonds is 3. The van der Waals surface area contributed by atoms with Crippen LogP contribution in [0.3, 0.4) is 0 Å². The number of hydrogen-bond donors (Lipinski definition) is 2. The zero-order valence-electron chi connectivity index (χ0n) is 9.27. The summed E-state index contributed by atoms with van der Waals surface area (Å²) in [6.07, 6.45) is 2.25. The summed E-state index contributed by atoms with van der Waals surface area (Å²) in [4.78, 5) is 13.5. The summed E-state index contributed by atoms with van der Waals surface area (Å²) in [5.74, 6) is 0.216. The molecule has 3 N–H and O–H groups in total. The Labute approximate surface area is 93.8 Å². The number of likely N-dealkylation sites (N-methyl/N-ethyl adjacent to an activating group) is 1. The number of anilines is 1. The molecule has 0 spiro atoms. The Morgan fingerprint density at radius 1 is 1.81 bits per heavy atom. The number of carbonyl (C=O) groups is 1. The van der Waals surface area contributed by atoms with Crippen molar-refractivity contribution >= 4 is 11.7 Å². The summed E-state index contributed by atoms with van der Waals surface area (Å²) in [5.41, 5.74) is 5.86. The number of hydrogen-bond acceptors (Lipinski definition) is 4. The first-order valence-corrected chi connectivity index (χ1v) is 5.35. The Kier molecular flexibility index (Phi) is 3.09. The fourth-order valence-electron chi connectivity index (χ4n) is 1.83. The van der Waals surface area contributed by atoms with Crippen LogP contribution in [0.15, 0.2) is 6.07 Å². The molecule has 16 heavy (non-hydrogen) atoms. The SMILES string of the molecule is CN(CC1CCCO1)C(=O)c1cc(N)n[nH]1. The van der Waals surface area contributed by atoms with E-state index in [-0.39, 0.29) is 12.0 Å². The highest BCUT2D eigenvalue weighted by Gasteiger charge is 2.21. The molecular weight excluding hydrogens is 208 g/mol. The van der Waals surface area contributed by atoms with Crippen molar-refractivity contribution in [1.82, 2.24) is 15.1 Å². The molecule has 1 aliphatic heterocycles. The molecule has 0 aromatic carbocycles. The number of nitrogen functional groups attached to an aromatic ring is 1. The molecule has 1 amide bonds. The lowest BCUT2D eigenvalue weighted by molar-refractivity contribution is 0.0582. The Bertz CT molecular complexity index is 371. The summed E-state index contributed by atoms with van der Waals surface area (Å²) in [6, 6.07) is 1.54. The molecule has 1 aliphatic rings. The van der Waals surface area contributed by atoms with E-state index in [1.54, 1.807) is 11.9 Å². The summed E-state index contributed by atoms with van der Waals surface area (Å²) in [7, 11) is 1.75. The maximum absolute atomic E-state index is 11.9. The Hall–Kier alpha value is -1.56. The van der Waals surface area contributed by atoms with Crippen LogP contribution in [0, 0.1) is 0 Å². The molecule has 88 valence electrons. The second kappa shape index (κ2) is 4.52. The smallest absolute Gasteiger partial charge is 0.271 e. The zero-order valence-corrected chi connectivity index (χ0v) is 9.27. The van der Waals surface area contributed by atoms with Crippen molar-refractivity contribution < 1.29 is 9.53 Å². The van der Waals surface area contributed by atoms with Gasteiger partial charge >= 0.3 is 0 Å². The average molecular weight is 224 g/mol. The van der Waals surface area contributed by atoms with Gasteiger partial charge in [-0.15, -0.1) is 0 Å². The van der Waals surface area contributed by atoms with E-state index >= 15 is 0 Å². The molecule has 1 aromatic rings. The maximum Gasteiger partial charge on any atom is 0.271 e. The number of amides is 1. The van der Waals surface area contributed by atoms with E-state index < -0.39 is 0 Å². The van der Waals surface area contributed by atoms with Gasteiger partial charge in [-0.1, -0.05) is 0 Å². The van der Waals surface area contributed by atoms with E-state index in [9.17, 15) is 4.79 Å². The average Bonchev–Trinajstić information content (AvgIpc) is 2.88. The van der Waals surface area contributed by atoms with Crippen molar-refractivity contribution in [1.29, 1.82) is 0 Å². The van der Waals surface area contributed by atoms with Crippen LogP contribution in [0.25, 0.3) is 0 Å². The van der Waals surface area contributed by atoms with Crippen molar-refractivity contribution in [3.05, 3.63) is 11.8 Å². The van der Waals surface area contributed by atoms with Gasteiger partial charge in [-0.05, 0) is 12.8 Å². The molecule has 1 fully saturated rings. The molecule has 0 saturated carbocycles. The van der Waals surface area contributed by atoms with Gasteiger partial charge in [0.15, 0.2) is 0 Å². The van der Waals surface area contributed by atoms with Gasteiger partial charge in [0.1, 0.15) is 11.5 Å². The Balaban J connectivity index is 1.93. The summed E-state index contributed by atoms with van der Waals surface area (Å²) < 4.78 is 5.47. The third kappa shape index (κ3) is 2.33. The second-order valence-corrected chi connectivity index (χ2v) is 4.03. The van der Waals surface area contributed by atoms with Crippen molar-refractivity contribution in [3.8, 4) is 0 Å². The molecule has 1 atom stereocenters. The van der Waals surface area contributed by atoms with Gasteiger partial charge in [0.05, 0.1) is 6.10 Å². The second-order valence-electron chi connectivity index (χ2n) is 4.03. The monoisotopic (exact) mass is 224 g/mol. The first-order chi connectivity index (χ1) is 7.66. The highest BCUT2D eigenvalue weighted by atomic mass is 16.5. The normalized spacial score (nSPS) is 19.9. The van der Waals surface area contributed by atoms with Gasteiger partial charge in [0.25, 0.3) is 5.91 Å². The predicted octanol–water partition coefficient (Wildman–Crippen LogP) is 0.243. The fourth-order valence-corrected chi connectivity index (χ4v) is 1.83.